The standard InChI is InChI=1S/C39H36N8O5S/c1-23-35-44-43-24(2)46(35)39-29(22-52-23)28(19-25-9-4-3-5-10-25)32(53-39)15-13-26-20-41-45(21-26)18-7-6-17-40-30-12-8-11-27-34(30)38(51)47(37(27)50)31-14-16-33(48)42-36(31)49/h3-5,8-12,20-21,23,31,40H,6-7,14,16-19,22H2,1-2H3,(H,42,48,49)/t23-,31?/m0/s1. The summed E-state index contributed by atoms with van der Waals surface area (Å²) in [5, 5.41) is 19.9. The van der Waals surface area contributed by atoms with Crippen LogP contribution in [0.3, 0.4) is 0 Å². The number of carbonyl (C=O) groups is 4. The van der Waals surface area contributed by atoms with E-state index < -0.39 is 29.7 Å². The van der Waals surface area contributed by atoms with Crippen molar-refractivity contribution in [2.45, 2.75) is 71.2 Å². The summed E-state index contributed by atoms with van der Waals surface area (Å²) in [6, 6.07) is 14.4. The highest BCUT2D eigenvalue weighted by atomic mass is 32.1. The summed E-state index contributed by atoms with van der Waals surface area (Å²) >= 11 is 1.64. The van der Waals surface area contributed by atoms with Crippen LogP contribution >= 0.6 is 11.3 Å². The predicted molar refractivity (Wildman–Crippen MR) is 195 cm³/mol. The van der Waals surface area contributed by atoms with Crippen LogP contribution in [0.1, 0.15) is 98.2 Å². The van der Waals surface area contributed by atoms with Crippen molar-refractivity contribution in [3.05, 3.63) is 111 Å². The zero-order chi connectivity index (χ0) is 36.6. The fraction of sp³-hybridized carbons (Fsp3) is 0.308. The van der Waals surface area contributed by atoms with Gasteiger partial charge in [0.1, 0.15) is 23.0 Å². The summed E-state index contributed by atoms with van der Waals surface area (Å²) in [4.78, 5) is 52.5. The maximum absolute atomic E-state index is 13.4. The molecule has 1 fully saturated rings. The molecule has 3 aliphatic heterocycles. The molecule has 14 heteroatoms. The lowest BCUT2D eigenvalue weighted by atomic mass is 10.0. The van der Waals surface area contributed by atoms with Crippen molar-refractivity contribution in [3.63, 3.8) is 0 Å². The highest BCUT2D eigenvalue weighted by Crippen LogP contribution is 2.39. The van der Waals surface area contributed by atoms with Crippen LogP contribution in [0.25, 0.3) is 5.00 Å². The van der Waals surface area contributed by atoms with Gasteiger partial charge in [0.25, 0.3) is 11.8 Å². The van der Waals surface area contributed by atoms with Crippen LogP contribution in [0, 0.1) is 18.8 Å². The van der Waals surface area contributed by atoms with E-state index >= 15 is 0 Å². The van der Waals surface area contributed by atoms with Gasteiger partial charge in [-0.3, -0.25) is 38.6 Å². The molecule has 2 aromatic carbocycles. The quantitative estimate of drug-likeness (QED) is 0.125. The number of ether oxygens (including phenoxy) is 1. The minimum absolute atomic E-state index is 0.0754. The van der Waals surface area contributed by atoms with Gasteiger partial charge >= 0.3 is 0 Å². The van der Waals surface area contributed by atoms with E-state index in [1.807, 2.05) is 42.9 Å². The van der Waals surface area contributed by atoms with Crippen LogP contribution < -0.4 is 10.6 Å². The number of carbonyl (C=O) groups excluding carboxylic acids is 4. The van der Waals surface area contributed by atoms with E-state index in [0.29, 0.717) is 25.4 Å². The SMILES string of the molecule is Cc1nnc2n1-c1sc(C#Cc3cnn(CCCCNc4cccc5c4C(=O)N(C4CCC(=O)NC4=O)C5=O)c3)c(Cc3ccccc3)c1CO[C@H]2C. The molecule has 5 aromatic rings. The van der Waals surface area contributed by atoms with Crippen molar-refractivity contribution >= 4 is 40.7 Å². The van der Waals surface area contributed by atoms with E-state index in [-0.39, 0.29) is 30.1 Å². The van der Waals surface area contributed by atoms with Crippen LogP contribution in [0.2, 0.25) is 0 Å². The fourth-order valence-corrected chi connectivity index (χ4v) is 8.28. The lowest BCUT2D eigenvalue weighted by molar-refractivity contribution is -0.136. The third kappa shape index (κ3) is 6.54. The van der Waals surface area contributed by atoms with Crippen LogP contribution in [-0.4, -0.2) is 65.7 Å². The van der Waals surface area contributed by atoms with Crippen LogP contribution in [0.15, 0.2) is 60.9 Å². The first-order chi connectivity index (χ1) is 25.8. The average molecular weight is 729 g/mol. The molecule has 0 aliphatic carbocycles. The molecular weight excluding hydrogens is 693 g/mol. The number of thiophene rings is 1. The van der Waals surface area contributed by atoms with Gasteiger partial charge in [-0.15, -0.1) is 21.5 Å². The number of hydrogen-bond donors (Lipinski definition) is 2. The zero-order valence-electron chi connectivity index (χ0n) is 29.2. The maximum Gasteiger partial charge on any atom is 0.264 e. The molecule has 6 heterocycles. The molecule has 13 nitrogen and oxygen atoms in total. The minimum Gasteiger partial charge on any atom is -0.384 e. The van der Waals surface area contributed by atoms with Gasteiger partial charge < -0.3 is 10.1 Å². The van der Waals surface area contributed by atoms with Gasteiger partial charge in [0.05, 0.1) is 34.4 Å². The lowest BCUT2D eigenvalue weighted by Crippen LogP contribution is -2.54. The molecule has 3 aromatic heterocycles. The van der Waals surface area contributed by atoms with Gasteiger partial charge in [0, 0.05) is 37.0 Å². The Bertz CT molecular complexity index is 2330. The topological polar surface area (TPSA) is 153 Å². The molecule has 4 amide bonds. The fourth-order valence-electron chi connectivity index (χ4n) is 7.04. The second-order valence-electron chi connectivity index (χ2n) is 13.3. The van der Waals surface area contributed by atoms with Crippen molar-refractivity contribution in [3.8, 4) is 16.8 Å². The summed E-state index contributed by atoms with van der Waals surface area (Å²) < 4.78 is 10.2. The van der Waals surface area contributed by atoms with Gasteiger partial charge in [-0.2, -0.15) is 5.10 Å². The third-order valence-corrected chi connectivity index (χ3v) is 10.9. The summed E-state index contributed by atoms with van der Waals surface area (Å²) in [7, 11) is 0. The largest absolute Gasteiger partial charge is 0.384 e. The molecule has 3 aliphatic rings. The normalized spacial score (nSPS) is 17.8. The number of nitrogens with one attached hydrogen (secondary N) is 2. The van der Waals surface area contributed by atoms with Gasteiger partial charge in [-0.05, 0) is 62.8 Å². The van der Waals surface area contributed by atoms with Crippen LogP contribution in [-0.2, 0) is 33.9 Å². The number of aromatic nitrogens is 5. The van der Waals surface area contributed by atoms with Crippen LogP contribution in [0.4, 0.5) is 5.69 Å². The highest BCUT2D eigenvalue weighted by Gasteiger charge is 2.45. The van der Waals surface area contributed by atoms with E-state index in [0.717, 1.165) is 62.4 Å². The second-order valence-corrected chi connectivity index (χ2v) is 14.3. The second kappa shape index (κ2) is 14.3. The third-order valence-electron chi connectivity index (χ3n) is 9.76. The summed E-state index contributed by atoms with van der Waals surface area (Å²) in [5.74, 6) is 6.31. The van der Waals surface area contributed by atoms with Crippen molar-refractivity contribution in [1.82, 2.24) is 34.8 Å². The number of piperidine rings is 1. The molecule has 2 N–H and O–H groups in total. The number of nitrogens with zero attached hydrogens (tertiary/aromatic N) is 6. The number of hydrogen-bond acceptors (Lipinski definition) is 10. The lowest BCUT2D eigenvalue weighted by Gasteiger charge is -2.27. The molecule has 0 bridgehead atoms. The smallest absolute Gasteiger partial charge is 0.264 e. The number of fused-ring (bicyclic) bond motifs is 4. The first-order valence-electron chi connectivity index (χ1n) is 17.6. The number of amides is 4. The molecule has 2 atom stereocenters. The van der Waals surface area contributed by atoms with Crippen LogP contribution in [0.5, 0.6) is 0 Å². The summed E-state index contributed by atoms with van der Waals surface area (Å²) in [6.07, 6.45) is 6.05. The Kier molecular flexibility index (Phi) is 9.19. The van der Waals surface area contributed by atoms with E-state index in [9.17, 15) is 19.2 Å². The van der Waals surface area contributed by atoms with Crippen molar-refractivity contribution in [1.29, 1.82) is 0 Å². The molecule has 53 heavy (non-hydrogen) atoms. The molecule has 0 saturated carbocycles. The summed E-state index contributed by atoms with van der Waals surface area (Å²) in [5.41, 5.74) is 5.32. The first-order valence-corrected chi connectivity index (χ1v) is 18.4. The predicted octanol–water partition coefficient (Wildman–Crippen LogP) is 4.71. The first kappa shape index (κ1) is 34.2. The highest BCUT2D eigenvalue weighted by molar-refractivity contribution is 7.15. The van der Waals surface area contributed by atoms with E-state index in [1.54, 1.807) is 35.7 Å². The van der Waals surface area contributed by atoms with Crippen molar-refractivity contribution in [2.24, 2.45) is 0 Å². The Labute approximate surface area is 309 Å². The van der Waals surface area contributed by atoms with Crippen molar-refractivity contribution in [2.75, 3.05) is 11.9 Å². The number of imide groups is 2. The van der Waals surface area contributed by atoms with Crippen molar-refractivity contribution < 1.29 is 23.9 Å². The van der Waals surface area contributed by atoms with Gasteiger partial charge in [0.2, 0.25) is 11.8 Å². The molecule has 268 valence electrons. The molecule has 1 unspecified atom stereocenters. The molecule has 0 spiro atoms. The average Bonchev–Trinajstić information content (AvgIpc) is 3.89. The summed E-state index contributed by atoms with van der Waals surface area (Å²) in [6.45, 7) is 5.67. The zero-order valence-corrected chi connectivity index (χ0v) is 30.0. The van der Waals surface area contributed by atoms with E-state index in [4.69, 9.17) is 4.74 Å². The molecule has 8 rings (SSSR count). The Morgan fingerprint density at radius 1 is 1.02 bits per heavy atom. The monoisotopic (exact) mass is 728 g/mol. The number of rotatable bonds is 9. The van der Waals surface area contributed by atoms with Gasteiger partial charge in [0.15, 0.2) is 5.82 Å². The molecule has 1 saturated heterocycles. The minimum atomic E-state index is -1.00. The molecular formula is C39H36N8O5S. The van der Waals surface area contributed by atoms with Gasteiger partial charge in [-0.1, -0.05) is 48.2 Å². The van der Waals surface area contributed by atoms with E-state index in [1.165, 1.54) is 5.56 Å². The Morgan fingerprint density at radius 3 is 2.70 bits per heavy atom. The van der Waals surface area contributed by atoms with E-state index in [2.05, 4.69) is 54.5 Å². The molecule has 0 radical (unpaired) electrons. The Balaban J connectivity index is 0.922. The van der Waals surface area contributed by atoms with Gasteiger partial charge in [-0.25, -0.2) is 0 Å². The maximum atomic E-state index is 13.4. The number of benzene rings is 2. The Morgan fingerprint density at radius 2 is 1.87 bits per heavy atom. The number of aryl methyl sites for hydroxylation is 2. The Hall–Kier alpha value is -5.91. The number of anilines is 1. The number of unbranched alkanes of at least 4 members (excludes halogenated alkanes) is 1.